The number of hydrogen-bond acceptors (Lipinski definition) is 5. The van der Waals surface area contributed by atoms with Crippen molar-refractivity contribution in [3.63, 3.8) is 0 Å². The molecular formula is C19H19NO5S. The maximum Gasteiger partial charge on any atom is 0.327 e. The minimum absolute atomic E-state index is 0.308. The van der Waals surface area contributed by atoms with E-state index in [1.54, 1.807) is 18.2 Å². The van der Waals surface area contributed by atoms with E-state index in [1.165, 1.54) is 30.9 Å². The van der Waals surface area contributed by atoms with Crippen LogP contribution >= 0.6 is 11.8 Å². The zero-order valence-corrected chi connectivity index (χ0v) is 15.2. The SMILES string of the molecule is COc1ccc(C(=O)N2C(C(=O)O)CSC2c2ccccc2)c(OC)c1. The Bertz CT molecular complexity index is 811. The van der Waals surface area contributed by atoms with Crippen LogP contribution in [-0.2, 0) is 4.79 Å². The Hall–Kier alpha value is -2.67. The molecule has 2 aromatic rings. The third kappa shape index (κ3) is 3.35. The van der Waals surface area contributed by atoms with Gasteiger partial charge in [-0.1, -0.05) is 30.3 Å². The van der Waals surface area contributed by atoms with E-state index < -0.39 is 12.0 Å². The van der Waals surface area contributed by atoms with E-state index >= 15 is 0 Å². The van der Waals surface area contributed by atoms with E-state index in [0.29, 0.717) is 22.8 Å². The molecule has 1 aliphatic heterocycles. The molecule has 2 unspecified atom stereocenters. The van der Waals surface area contributed by atoms with Crippen LogP contribution in [0.5, 0.6) is 11.5 Å². The number of thioether (sulfide) groups is 1. The highest BCUT2D eigenvalue weighted by Gasteiger charge is 2.43. The van der Waals surface area contributed by atoms with Gasteiger partial charge < -0.3 is 19.5 Å². The fraction of sp³-hybridized carbons (Fsp3) is 0.263. The summed E-state index contributed by atoms with van der Waals surface area (Å²) in [5.74, 6) is -0.155. The first-order valence-electron chi connectivity index (χ1n) is 8.01. The number of ether oxygens (including phenoxy) is 2. The lowest BCUT2D eigenvalue weighted by atomic mass is 10.1. The lowest BCUT2D eigenvalue weighted by Gasteiger charge is -2.28. The first-order valence-corrected chi connectivity index (χ1v) is 9.05. The molecule has 0 saturated carbocycles. The van der Waals surface area contributed by atoms with Crippen LogP contribution in [0.3, 0.4) is 0 Å². The quantitative estimate of drug-likeness (QED) is 0.868. The number of carbonyl (C=O) groups excluding carboxylic acids is 1. The zero-order chi connectivity index (χ0) is 18.7. The Kier molecular flexibility index (Phi) is 5.37. The van der Waals surface area contributed by atoms with Crippen molar-refractivity contribution in [3.05, 3.63) is 59.7 Å². The summed E-state index contributed by atoms with van der Waals surface area (Å²) in [4.78, 5) is 26.4. The van der Waals surface area contributed by atoms with Crippen LogP contribution in [0.4, 0.5) is 0 Å². The van der Waals surface area contributed by atoms with Crippen LogP contribution in [0.2, 0.25) is 0 Å². The summed E-state index contributed by atoms with van der Waals surface area (Å²) >= 11 is 1.44. The van der Waals surface area contributed by atoms with Gasteiger partial charge in [0.2, 0.25) is 0 Å². The molecular weight excluding hydrogens is 354 g/mol. The van der Waals surface area contributed by atoms with Crippen LogP contribution < -0.4 is 9.47 Å². The van der Waals surface area contributed by atoms with E-state index in [1.807, 2.05) is 30.3 Å². The molecule has 1 fully saturated rings. The molecule has 0 bridgehead atoms. The van der Waals surface area contributed by atoms with Gasteiger partial charge in [-0.3, -0.25) is 4.79 Å². The van der Waals surface area contributed by atoms with Gasteiger partial charge >= 0.3 is 5.97 Å². The molecule has 2 atom stereocenters. The fourth-order valence-corrected chi connectivity index (χ4v) is 4.35. The maximum absolute atomic E-state index is 13.3. The molecule has 136 valence electrons. The molecule has 26 heavy (non-hydrogen) atoms. The summed E-state index contributed by atoms with van der Waals surface area (Å²) in [7, 11) is 2.99. The van der Waals surface area contributed by atoms with Crippen molar-refractivity contribution in [2.45, 2.75) is 11.4 Å². The standard InChI is InChI=1S/C19H19NO5S/c1-24-13-8-9-14(16(10-13)25-2)17(21)20-15(19(22)23)11-26-18(20)12-6-4-3-5-7-12/h3-10,15,18H,11H2,1-2H3,(H,22,23). The molecule has 0 radical (unpaired) electrons. The zero-order valence-electron chi connectivity index (χ0n) is 14.4. The lowest BCUT2D eigenvalue weighted by molar-refractivity contribution is -0.141. The average molecular weight is 373 g/mol. The monoisotopic (exact) mass is 373 g/mol. The highest BCUT2D eigenvalue weighted by molar-refractivity contribution is 7.99. The second kappa shape index (κ2) is 7.70. The lowest BCUT2D eigenvalue weighted by Crippen LogP contribution is -2.43. The summed E-state index contributed by atoms with van der Waals surface area (Å²) in [6, 6.07) is 13.4. The summed E-state index contributed by atoms with van der Waals surface area (Å²) in [5.41, 5.74) is 1.20. The summed E-state index contributed by atoms with van der Waals surface area (Å²) in [6.07, 6.45) is 0. The Labute approximate surface area is 155 Å². The van der Waals surface area contributed by atoms with Gasteiger partial charge in [0.15, 0.2) is 0 Å². The van der Waals surface area contributed by atoms with E-state index in [9.17, 15) is 14.7 Å². The van der Waals surface area contributed by atoms with Crippen molar-refractivity contribution in [1.82, 2.24) is 4.90 Å². The molecule has 1 N–H and O–H groups in total. The number of benzene rings is 2. The number of carboxylic acids is 1. The topological polar surface area (TPSA) is 76.1 Å². The van der Waals surface area contributed by atoms with Crippen LogP contribution in [0.15, 0.2) is 48.5 Å². The molecule has 0 aromatic heterocycles. The number of carboxylic acid groups (broad SMARTS) is 1. The second-order valence-electron chi connectivity index (χ2n) is 5.73. The van der Waals surface area contributed by atoms with Crippen molar-refractivity contribution in [2.75, 3.05) is 20.0 Å². The normalized spacial score (nSPS) is 19.2. The van der Waals surface area contributed by atoms with Gasteiger partial charge in [-0.05, 0) is 17.7 Å². The molecule has 2 aromatic carbocycles. The van der Waals surface area contributed by atoms with Crippen molar-refractivity contribution >= 4 is 23.6 Å². The number of nitrogens with zero attached hydrogens (tertiary/aromatic N) is 1. The van der Waals surface area contributed by atoms with E-state index in [-0.39, 0.29) is 11.3 Å². The van der Waals surface area contributed by atoms with Gasteiger partial charge in [0.05, 0.1) is 19.8 Å². The molecule has 0 aliphatic carbocycles. The summed E-state index contributed by atoms with van der Waals surface area (Å²) in [6.45, 7) is 0. The third-order valence-electron chi connectivity index (χ3n) is 4.24. The summed E-state index contributed by atoms with van der Waals surface area (Å²) < 4.78 is 10.5. The van der Waals surface area contributed by atoms with Gasteiger partial charge in [-0.15, -0.1) is 11.8 Å². The van der Waals surface area contributed by atoms with E-state index in [4.69, 9.17) is 9.47 Å². The van der Waals surface area contributed by atoms with E-state index in [2.05, 4.69) is 0 Å². The van der Waals surface area contributed by atoms with Gasteiger partial charge in [-0.25, -0.2) is 4.79 Å². The second-order valence-corrected chi connectivity index (χ2v) is 6.84. The van der Waals surface area contributed by atoms with Crippen molar-refractivity contribution < 1.29 is 24.2 Å². The predicted molar refractivity (Wildman–Crippen MR) is 98.8 cm³/mol. The molecule has 0 spiro atoms. The van der Waals surface area contributed by atoms with Crippen LogP contribution in [0.25, 0.3) is 0 Å². The Morgan fingerprint density at radius 2 is 1.85 bits per heavy atom. The molecule has 1 saturated heterocycles. The summed E-state index contributed by atoms with van der Waals surface area (Å²) in [5, 5.41) is 9.23. The number of methoxy groups -OCH3 is 2. The van der Waals surface area contributed by atoms with Gasteiger partial charge in [0.1, 0.15) is 22.9 Å². The maximum atomic E-state index is 13.3. The third-order valence-corrected chi connectivity index (χ3v) is 5.57. The average Bonchev–Trinajstić information content (AvgIpc) is 3.13. The Morgan fingerprint density at radius 1 is 1.12 bits per heavy atom. The largest absolute Gasteiger partial charge is 0.497 e. The number of rotatable bonds is 5. The molecule has 1 amide bonds. The van der Waals surface area contributed by atoms with Crippen molar-refractivity contribution in [2.24, 2.45) is 0 Å². The fourth-order valence-electron chi connectivity index (χ4n) is 2.93. The first-order chi connectivity index (χ1) is 12.6. The van der Waals surface area contributed by atoms with Crippen LogP contribution in [0.1, 0.15) is 21.3 Å². The smallest absolute Gasteiger partial charge is 0.327 e. The van der Waals surface area contributed by atoms with E-state index in [0.717, 1.165) is 5.56 Å². The molecule has 1 aliphatic rings. The van der Waals surface area contributed by atoms with Gasteiger partial charge in [0, 0.05) is 11.8 Å². The minimum Gasteiger partial charge on any atom is -0.497 e. The van der Waals surface area contributed by atoms with Gasteiger partial charge in [-0.2, -0.15) is 0 Å². The number of aliphatic carboxylic acids is 1. The van der Waals surface area contributed by atoms with Crippen molar-refractivity contribution in [3.8, 4) is 11.5 Å². The highest BCUT2D eigenvalue weighted by atomic mass is 32.2. The predicted octanol–water partition coefficient (Wildman–Crippen LogP) is 3.04. The number of hydrogen-bond donors (Lipinski definition) is 1. The Balaban J connectivity index is 2.02. The molecule has 1 heterocycles. The van der Waals surface area contributed by atoms with Crippen LogP contribution in [-0.4, -0.2) is 47.9 Å². The first kappa shape index (κ1) is 18.1. The molecule has 6 nitrogen and oxygen atoms in total. The number of carbonyl (C=O) groups is 2. The minimum atomic E-state index is -1.02. The highest BCUT2D eigenvalue weighted by Crippen LogP contribution is 2.43. The van der Waals surface area contributed by atoms with Crippen LogP contribution in [0, 0.1) is 0 Å². The Morgan fingerprint density at radius 3 is 2.46 bits per heavy atom. The van der Waals surface area contributed by atoms with Gasteiger partial charge in [0.25, 0.3) is 5.91 Å². The molecule has 3 rings (SSSR count). The molecule has 7 heteroatoms. The number of amides is 1. The van der Waals surface area contributed by atoms with Crippen molar-refractivity contribution in [1.29, 1.82) is 0 Å².